The molecule has 0 aliphatic heterocycles. The van der Waals surface area contributed by atoms with E-state index in [0.29, 0.717) is 11.1 Å². The van der Waals surface area contributed by atoms with Crippen LogP contribution in [0.2, 0.25) is 5.02 Å². The molecular weight excluding hydrogens is 326 g/mol. The minimum Gasteiger partial charge on any atom is -0.377 e. The minimum atomic E-state index is -1.87. The first-order valence-electron chi connectivity index (χ1n) is 6.61. The Balaban J connectivity index is 2.14. The molecule has 0 saturated carbocycles. The van der Waals surface area contributed by atoms with E-state index in [-0.39, 0.29) is 17.8 Å². The summed E-state index contributed by atoms with van der Waals surface area (Å²) in [6.45, 7) is -0.149. The van der Waals surface area contributed by atoms with Crippen molar-refractivity contribution < 1.29 is 13.9 Å². The van der Waals surface area contributed by atoms with Crippen LogP contribution in [0.4, 0.5) is 8.78 Å². The average Bonchev–Trinajstić information content (AvgIpc) is 3.00. The summed E-state index contributed by atoms with van der Waals surface area (Å²) in [6.07, 6.45) is 4.00. The van der Waals surface area contributed by atoms with E-state index in [4.69, 9.17) is 11.6 Å². The summed E-state index contributed by atoms with van der Waals surface area (Å²) < 4.78 is 28.8. The quantitative estimate of drug-likeness (QED) is 0.795. The zero-order valence-corrected chi connectivity index (χ0v) is 12.5. The molecule has 0 amide bonds. The van der Waals surface area contributed by atoms with Crippen molar-refractivity contribution >= 4 is 11.6 Å². The van der Waals surface area contributed by atoms with Gasteiger partial charge >= 0.3 is 0 Å². The molecule has 0 radical (unpaired) electrons. The second kappa shape index (κ2) is 6.02. The van der Waals surface area contributed by atoms with E-state index in [1.54, 1.807) is 0 Å². The molecule has 2 aromatic heterocycles. The molecule has 1 N–H and O–H groups in total. The largest absolute Gasteiger partial charge is 0.377 e. The summed E-state index contributed by atoms with van der Waals surface area (Å²) in [4.78, 5) is 7.86. The van der Waals surface area contributed by atoms with Gasteiger partial charge in [-0.15, -0.1) is 0 Å². The molecular formula is C15H11ClF2N4O. The van der Waals surface area contributed by atoms with E-state index in [2.05, 4.69) is 15.1 Å². The number of rotatable bonds is 4. The maximum Gasteiger partial charge on any atom is 0.154 e. The molecule has 118 valence electrons. The maximum absolute atomic E-state index is 14.2. The smallest absolute Gasteiger partial charge is 0.154 e. The fourth-order valence-electron chi connectivity index (χ4n) is 2.30. The molecule has 3 rings (SSSR count). The van der Waals surface area contributed by atoms with E-state index >= 15 is 0 Å². The van der Waals surface area contributed by atoms with Gasteiger partial charge in [-0.25, -0.2) is 18.4 Å². The van der Waals surface area contributed by atoms with Crippen molar-refractivity contribution in [2.75, 3.05) is 0 Å². The van der Waals surface area contributed by atoms with Crippen LogP contribution in [0, 0.1) is 11.6 Å². The fraction of sp³-hybridized carbons (Fsp3) is 0.133. The Labute approximate surface area is 135 Å². The summed E-state index contributed by atoms with van der Waals surface area (Å²) in [5, 5.41) is 15.4. The molecule has 3 aromatic rings. The van der Waals surface area contributed by atoms with Crippen molar-refractivity contribution in [3.05, 3.63) is 77.1 Å². The van der Waals surface area contributed by atoms with Gasteiger partial charge in [0.1, 0.15) is 24.3 Å². The number of aliphatic hydroxyl groups is 1. The highest BCUT2D eigenvalue weighted by molar-refractivity contribution is 6.30. The number of aromatic nitrogens is 4. The van der Waals surface area contributed by atoms with Gasteiger partial charge in [0.2, 0.25) is 0 Å². The van der Waals surface area contributed by atoms with Crippen LogP contribution in [0.15, 0.2) is 49.2 Å². The zero-order valence-electron chi connectivity index (χ0n) is 11.7. The van der Waals surface area contributed by atoms with Crippen molar-refractivity contribution in [2.45, 2.75) is 12.1 Å². The molecule has 1 unspecified atom stereocenters. The van der Waals surface area contributed by atoms with Gasteiger partial charge in [-0.05, 0) is 24.3 Å². The average molecular weight is 337 g/mol. The van der Waals surface area contributed by atoms with Gasteiger partial charge in [0.05, 0.1) is 17.3 Å². The van der Waals surface area contributed by atoms with Crippen LogP contribution in [-0.2, 0) is 12.1 Å². The van der Waals surface area contributed by atoms with Crippen molar-refractivity contribution in [2.24, 2.45) is 0 Å². The van der Waals surface area contributed by atoms with E-state index in [1.807, 2.05) is 0 Å². The van der Waals surface area contributed by atoms with Crippen molar-refractivity contribution in [3.63, 3.8) is 0 Å². The van der Waals surface area contributed by atoms with Crippen molar-refractivity contribution in [3.8, 4) is 0 Å². The van der Waals surface area contributed by atoms with Gasteiger partial charge in [0.15, 0.2) is 5.60 Å². The lowest BCUT2D eigenvalue weighted by molar-refractivity contribution is 0.0491. The summed E-state index contributed by atoms with van der Waals surface area (Å²) in [6, 6.07) is 5.95. The first-order valence-corrected chi connectivity index (χ1v) is 6.99. The van der Waals surface area contributed by atoms with Crippen LogP contribution in [0.5, 0.6) is 0 Å². The van der Waals surface area contributed by atoms with Gasteiger partial charge < -0.3 is 5.11 Å². The molecule has 0 saturated heterocycles. The molecule has 23 heavy (non-hydrogen) atoms. The standard InChI is InChI=1S/C15H11ClF2N4O/c16-10-1-4-14(20-6-10)15(23,7-22-9-19-8-21-22)12-3-2-11(17)5-13(12)18/h1-6,8-9,23H,7H2. The second-order valence-corrected chi connectivity index (χ2v) is 5.38. The molecule has 0 spiro atoms. The molecule has 1 atom stereocenters. The summed E-state index contributed by atoms with van der Waals surface area (Å²) >= 11 is 5.81. The molecule has 0 aliphatic carbocycles. The number of halogens is 3. The van der Waals surface area contributed by atoms with Gasteiger partial charge in [0.25, 0.3) is 0 Å². The predicted octanol–water partition coefficient (Wildman–Crippen LogP) is 2.54. The normalized spacial score (nSPS) is 13.7. The number of pyridine rings is 1. The predicted molar refractivity (Wildman–Crippen MR) is 78.6 cm³/mol. The highest BCUT2D eigenvalue weighted by Gasteiger charge is 2.36. The van der Waals surface area contributed by atoms with Gasteiger partial charge in [-0.2, -0.15) is 5.10 Å². The van der Waals surface area contributed by atoms with Crippen LogP contribution >= 0.6 is 11.6 Å². The fourth-order valence-corrected chi connectivity index (χ4v) is 2.41. The van der Waals surface area contributed by atoms with Crippen LogP contribution in [0.1, 0.15) is 11.3 Å². The number of hydrogen-bond donors (Lipinski definition) is 1. The molecule has 8 heteroatoms. The Hall–Kier alpha value is -2.38. The molecule has 0 aliphatic rings. The van der Waals surface area contributed by atoms with E-state index in [0.717, 1.165) is 6.07 Å². The Morgan fingerprint density at radius 1 is 1.22 bits per heavy atom. The topological polar surface area (TPSA) is 63.8 Å². The highest BCUT2D eigenvalue weighted by Crippen LogP contribution is 2.32. The molecule has 2 heterocycles. The lowest BCUT2D eigenvalue weighted by Gasteiger charge is -2.28. The first kappa shape index (κ1) is 15.5. The first-order chi connectivity index (χ1) is 11.0. The third-order valence-corrected chi connectivity index (χ3v) is 3.61. The Morgan fingerprint density at radius 3 is 2.65 bits per heavy atom. The summed E-state index contributed by atoms with van der Waals surface area (Å²) in [5.74, 6) is -1.62. The molecule has 1 aromatic carbocycles. The molecule has 0 fully saturated rings. The highest BCUT2D eigenvalue weighted by atomic mass is 35.5. The minimum absolute atomic E-state index is 0.121. The summed E-state index contributed by atoms with van der Waals surface area (Å²) in [5.41, 5.74) is -1.83. The zero-order chi connectivity index (χ0) is 16.4. The lowest BCUT2D eigenvalue weighted by atomic mass is 9.89. The SMILES string of the molecule is OC(Cn1cncn1)(c1ccc(Cl)cn1)c1ccc(F)cc1F. The maximum atomic E-state index is 14.2. The lowest BCUT2D eigenvalue weighted by Crippen LogP contribution is -2.35. The van der Waals surface area contributed by atoms with Gasteiger partial charge in [-0.1, -0.05) is 11.6 Å². The van der Waals surface area contributed by atoms with Gasteiger partial charge in [0, 0.05) is 17.8 Å². The Kier molecular flexibility index (Phi) is 4.06. The van der Waals surface area contributed by atoms with Crippen LogP contribution in [-0.4, -0.2) is 24.9 Å². The third-order valence-electron chi connectivity index (χ3n) is 3.39. The van der Waals surface area contributed by atoms with E-state index in [1.165, 1.54) is 41.7 Å². The van der Waals surface area contributed by atoms with Gasteiger partial charge in [-0.3, -0.25) is 4.98 Å². The number of benzene rings is 1. The Morgan fingerprint density at radius 2 is 2.04 bits per heavy atom. The van der Waals surface area contributed by atoms with Crippen molar-refractivity contribution in [1.29, 1.82) is 0 Å². The third kappa shape index (κ3) is 3.06. The van der Waals surface area contributed by atoms with Crippen LogP contribution < -0.4 is 0 Å². The number of nitrogens with zero attached hydrogens (tertiary/aromatic N) is 4. The van der Waals surface area contributed by atoms with E-state index < -0.39 is 17.2 Å². The van der Waals surface area contributed by atoms with Crippen LogP contribution in [0.25, 0.3) is 0 Å². The number of hydrogen-bond acceptors (Lipinski definition) is 4. The van der Waals surface area contributed by atoms with Crippen molar-refractivity contribution in [1.82, 2.24) is 19.7 Å². The second-order valence-electron chi connectivity index (χ2n) is 4.94. The monoisotopic (exact) mass is 336 g/mol. The Bertz CT molecular complexity index is 811. The summed E-state index contributed by atoms with van der Waals surface area (Å²) in [7, 11) is 0. The van der Waals surface area contributed by atoms with E-state index in [9.17, 15) is 13.9 Å². The molecule has 0 bridgehead atoms. The molecule has 5 nitrogen and oxygen atoms in total. The van der Waals surface area contributed by atoms with Crippen LogP contribution in [0.3, 0.4) is 0 Å².